The third kappa shape index (κ3) is 3.51. The molecule has 1 aliphatic rings. The highest BCUT2D eigenvalue weighted by atomic mass is 79.9. The third-order valence-corrected chi connectivity index (χ3v) is 4.16. The molecular formula is C15H16BrN3O3. The van der Waals surface area contributed by atoms with Crippen LogP contribution in [0.15, 0.2) is 39.0 Å². The maximum Gasteiger partial charge on any atom is 0.350 e. The molecule has 1 fully saturated rings. The van der Waals surface area contributed by atoms with E-state index < -0.39 is 11.5 Å². The molecule has 0 aromatic heterocycles. The molecule has 0 radical (unpaired) electrons. The number of carbonyl (C=O) groups is 1. The molecule has 0 amide bonds. The van der Waals surface area contributed by atoms with E-state index in [2.05, 4.69) is 26.2 Å². The number of halogens is 1. The normalized spacial score (nSPS) is 18.6. The van der Waals surface area contributed by atoms with Crippen LogP contribution in [0.4, 0.5) is 5.69 Å². The average Bonchev–Trinajstić information content (AvgIpc) is 2.58. The molecule has 1 atom stereocenters. The van der Waals surface area contributed by atoms with Gasteiger partial charge in [-0.05, 0) is 37.1 Å². The first-order chi connectivity index (χ1) is 10.6. The second kappa shape index (κ2) is 7.47. The molecule has 0 saturated carbocycles. The Kier molecular flexibility index (Phi) is 5.63. The van der Waals surface area contributed by atoms with Gasteiger partial charge in [0.25, 0.3) is 5.54 Å². The van der Waals surface area contributed by atoms with Gasteiger partial charge in [-0.15, -0.1) is 0 Å². The van der Waals surface area contributed by atoms with Gasteiger partial charge in [-0.3, -0.25) is 0 Å². The summed E-state index contributed by atoms with van der Waals surface area (Å²) < 4.78 is 11.0. The molecule has 1 aliphatic heterocycles. The van der Waals surface area contributed by atoms with Crippen molar-refractivity contribution in [3.05, 3.63) is 28.7 Å². The molecule has 0 bridgehead atoms. The van der Waals surface area contributed by atoms with Crippen LogP contribution >= 0.6 is 15.9 Å². The van der Waals surface area contributed by atoms with E-state index in [1.807, 2.05) is 18.2 Å². The third-order valence-electron chi connectivity index (χ3n) is 3.63. The van der Waals surface area contributed by atoms with Crippen molar-refractivity contribution in [2.75, 3.05) is 20.3 Å². The second-order valence-electron chi connectivity index (χ2n) is 4.93. The Hall–Kier alpha value is -1.78. The van der Waals surface area contributed by atoms with Crippen LogP contribution in [0, 0.1) is 17.2 Å². The van der Waals surface area contributed by atoms with Crippen LogP contribution in [0.5, 0.6) is 0 Å². The van der Waals surface area contributed by atoms with Crippen molar-refractivity contribution in [3.63, 3.8) is 0 Å². The molecule has 116 valence electrons. The van der Waals surface area contributed by atoms with E-state index >= 15 is 0 Å². The zero-order valence-corrected chi connectivity index (χ0v) is 13.7. The lowest BCUT2D eigenvalue weighted by molar-refractivity contribution is -0.148. The highest BCUT2D eigenvalue weighted by Crippen LogP contribution is 2.33. The number of hydrogen-bond acceptors (Lipinski definition) is 6. The van der Waals surface area contributed by atoms with Crippen molar-refractivity contribution in [1.29, 1.82) is 5.26 Å². The Morgan fingerprint density at radius 3 is 2.59 bits per heavy atom. The molecular weight excluding hydrogens is 350 g/mol. The second-order valence-corrected chi connectivity index (χ2v) is 5.85. The van der Waals surface area contributed by atoms with E-state index in [4.69, 9.17) is 9.47 Å². The van der Waals surface area contributed by atoms with Gasteiger partial charge in [-0.2, -0.15) is 15.5 Å². The SMILES string of the molecule is COC(=O)C(C#N)(/N=N/c1ccc(Br)cc1)C1CCOCC1. The van der Waals surface area contributed by atoms with Crippen LogP contribution in [0.25, 0.3) is 0 Å². The topological polar surface area (TPSA) is 84.0 Å². The van der Waals surface area contributed by atoms with E-state index in [0.717, 1.165) is 4.47 Å². The van der Waals surface area contributed by atoms with Crippen LogP contribution in [0.3, 0.4) is 0 Å². The first-order valence-corrected chi connectivity index (χ1v) is 7.67. The van der Waals surface area contributed by atoms with Crippen molar-refractivity contribution in [2.45, 2.75) is 18.4 Å². The van der Waals surface area contributed by atoms with Crippen molar-refractivity contribution >= 4 is 27.6 Å². The van der Waals surface area contributed by atoms with E-state index in [-0.39, 0.29) is 5.92 Å². The molecule has 0 N–H and O–H groups in total. The molecule has 1 saturated heterocycles. The molecule has 6 nitrogen and oxygen atoms in total. The Labute approximate surface area is 137 Å². The molecule has 7 heteroatoms. The van der Waals surface area contributed by atoms with Gasteiger partial charge in [0.1, 0.15) is 6.07 Å². The number of methoxy groups -OCH3 is 1. The fourth-order valence-electron chi connectivity index (χ4n) is 2.36. The number of ether oxygens (including phenoxy) is 2. The van der Waals surface area contributed by atoms with Crippen molar-refractivity contribution in [2.24, 2.45) is 16.1 Å². The quantitative estimate of drug-likeness (QED) is 0.604. The first kappa shape index (κ1) is 16.6. The van der Waals surface area contributed by atoms with Crippen molar-refractivity contribution in [3.8, 4) is 6.07 Å². The molecule has 0 spiro atoms. The molecule has 1 aromatic carbocycles. The summed E-state index contributed by atoms with van der Waals surface area (Å²) in [6.07, 6.45) is 1.14. The summed E-state index contributed by atoms with van der Waals surface area (Å²) >= 11 is 3.33. The van der Waals surface area contributed by atoms with Gasteiger partial charge >= 0.3 is 5.97 Å². The molecule has 22 heavy (non-hydrogen) atoms. The van der Waals surface area contributed by atoms with Gasteiger partial charge in [0.2, 0.25) is 0 Å². The minimum Gasteiger partial charge on any atom is -0.466 e. The Morgan fingerprint density at radius 2 is 2.05 bits per heavy atom. The highest BCUT2D eigenvalue weighted by Gasteiger charge is 2.49. The number of nitrogens with zero attached hydrogens (tertiary/aromatic N) is 3. The lowest BCUT2D eigenvalue weighted by atomic mass is 9.80. The van der Waals surface area contributed by atoms with Gasteiger partial charge in [0.05, 0.1) is 12.8 Å². The lowest BCUT2D eigenvalue weighted by Gasteiger charge is -2.30. The summed E-state index contributed by atoms with van der Waals surface area (Å²) in [4.78, 5) is 12.2. The van der Waals surface area contributed by atoms with E-state index in [1.54, 1.807) is 12.1 Å². The molecule has 1 heterocycles. The van der Waals surface area contributed by atoms with Gasteiger partial charge in [0.15, 0.2) is 0 Å². The monoisotopic (exact) mass is 365 g/mol. The molecule has 1 aromatic rings. The molecule has 0 aliphatic carbocycles. The van der Waals surface area contributed by atoms with Crippen LogP contribution in [-0.2, 0) is 14.3 Å². The van der Waals surface area contributed by atoms with Crippen LogP contribution < -0.4 is 0 Å². The molecule has 1 unspecified atom stereocenters. The summed E-state index contributed by atoms with van der Waals surface area (Å²) in [6.45, 7) is 0.998. The number of azo groups is 1. The Morgan fingerprint density at radius 1 is 1.41 bits per heavy atom. The van der Waals surface area contributed by atoms with Crippen molar-refractivity contribution in [1.82, 2.24) is 0 Å². The average molecular weight is 366 g/mol. The summed E-state index contributed by atoms with van der Waals surface area (Å²) in [7, 11) is 1.25. The summed E-state index contributed by atoms with van der Waals surface area (Å²) in [5, 5.41) is 17.8. The largest absolute Gasteiger partial charge is 0.466 e. The molecule has 2 rings (SSSR count). The van der Waals surface area contributed by atoms with Gasteiger partial charge in [-0.25, -0.2) is 4.79 Å². The summed E-state index contributed by atoms with van der Waals surface area (Å²) in [5.74, 6) is -0.944. The summed E-state index contributed by atoms with van der Waals surface area (Å²) in [5.41, 5.74) is -1.05. The predicted octanol–water partition coefficient (Wildman–Crippen LogP) is 3.39. The lowest BCUT2D eigenvalue weighted by Crippen LogP contribution is -2.45. The number of rotatable bonds is 4. The zero-order valence-electron chi connectivity index (χ0n) is 12.2. The number of hydrogen-bond donors (Lipinski definition) is 0. The number of carbonyl (C=O) groups excluding carboxylic acids is 1. The fourth-order valence-corrected chi connectivity index (χ4v) is 2.63. The summed E-state index contributed by atoms with van der Waals surface area (Å²) in [6, 6.07) is 9.14. The first-order valence-electron chi connectivity index (χ1n) is 6.88. The van der Waals surface area contributed by atoms with Crippen molar-refractivity contribution < 1.29 is 14.3 Å². The Bertz CT molecular complexity index is 591. The zero-order chi connectivity index (χ0) is 16.0. The highest BCUT2D eigenvalue weighted by molar-refractivity contribution is 9.10. The van der Waals surface area contributed by atoms with E-state index in [9.17, 15) is 10.1 Å². The number of benzene rings is 1. The van der Waals surface area contributed by atoms with Crippen LogP contribution in [0.2, 0.25) is 0 Å². The van der Waals surface area contributed by atoms with Gasteiger partial charge in [-0.1, -0.05) is 15.9 Å². The van der Waals surface area contributed by atoms with E-state index in [1.165, 1.54) is 7.11 Å². The van der Waals surface area contributed by atoms with E-state index in [0.29, 0.717) is 31.7 Å². The minimum absolute atomic E-state index is 0.266. The predicted molar refractivity (Wildman–Crippen MR) is 82.6 cm³/mol. The number of esters is 1. The van der Waals surface area contributed by atoms with Gasteiger partial charge in [0, 0.05) is 23.6 Å². The standard InChI is InChI=1S/C15H16BrN3O3/c1-21-14(20)15(10-17,11-6-8-22-9-7-11)19-18-13-4-2-12(16)3-5-13/h2-5,11H,6-9H2,1H3/b19-18+. The smallest absolute Gasteiger partial charge is 0.350 e. The Balaban J connectivity index is 2.33. The minimum atomic E-state index is -1.62. The fraction of sp³-hybridized carbons (Fsp3) is 0.467. The number of nitriles is 1. The maximum absolute atomic E-state index is 12.2. The van der Waals surface area contributed by atoms with Gasteiger partial charge < -0.3 is 9.47 Å². The maximum atomic E-state index is 12.2. The van der Waals surface area contributed by atoms with Crippen LogP contribution in [-0.4, -0.2) is 31.8 Å². The van der Waals surface area contributed by atoms with Crippen LogP contribution in [0.1, 0.15) is 12.8 Å².